The van der Waals surface area contributed by atoms with Gasteiger partial charge in [-0.25, -0.2) is 0 Å². The van der Waals surface area contributed by atoms with E-state index in [-0.39, 0.29) is 0 Å². The largest absolute Gasteiger partial charge is 0.308 e. The van der Waals surface area contributed by atoms with Gasteiger partial charge in [0.25, 0.3) is 0 Å². The first-order valence-corrected chi connectivity index (χ1v) is 5.50. The molecule has 0 saturated heterocycles. The van der Waals surface area contributed by atoms with Crippen LogP contribution in [0.15, 0.2) is 0 Å². The summed E-state index contributed by atoms with van der Waals surface area (Å²) in [6.45, 7) is 13.7. The van der Waals surface area contributed by atoms with Crippen LogP contribution >= 0.6 is 0 Å². The van der Waals surface area contributed by atoms with Gasteiger partial charge in [0.05, 0.1) is 0 Å². The number of likely N-dealkylation sites (N-methyl/N-ethyl adjacent to an activating group) is 2. The maximum atomic E-state index is 2.31. The third kappa shape index (κ3) is 24.5. The number of nitrogens with zero attached hydrogens (tertiary/aromatic N) is 2. The third-order valence-corrected chi connectivity index (χ3v) is 1.47. The third-order valence-electron chi connectivity index (χ3n) is 1.47. The molecule has 0 aromatic carbocycles. The average molecular weight is 190 g/mol. The molecule has 84 valence electrons. The van der Waals surface area contributed by atoms with Crippen LogP contribution in [0.2, 0.25) is 0 Å². The molecule has 0 N–H and O–H groups in total. The molecule has 0 saturated carbocycles. The second-order valence-corrected chi connectivity index (χ2v) is 2.70. The molecule has 0 spiro atoms. The van der Waals surface area contributed by atoms with E-state index in [1.165, 1.54) is 6.54 Å². The van der Waals surface area contributed by atoms with E-state index in [1.54, 1.807) is 0 Å². The van der Waals surface area contributed by atoms with Crippen molar-refractivity contribution >= 4 is 0 Å². The van der Waals surface area contributed by atoms with E-state index in [2.05, 4.69) is 37.9 Å². The van der Waals surface area contributed by atoms with Crippen molar-refractivity contribution in [3.05, 3.63) is 0 Å². The Morgan fingerprint density at radius 3 is 1.38 bits per heavy atom. The maximum Gasteiger partial charge on any atom is 0.0106 e. The molecule has 0 radical (unpaired) electrons. The molecule has 2 nitrogen and oxygen atoms in total. The molecule has 0 aromatic rings. The lowest BCUT2D eigenvalue weighted by Crippen LogP contribution is -2.28. The van der Waals surface area contributed by atoms with Crippen LogP contribution in [0.4, 0.5) is 0 Å². The highest BCUT2D eigenvalue weighted by molar-refractivity contribution is 4.49. The van der Waals surface area contributed by atoms with Crippen LogP contribution in [0.5, 0.6) is 0 Å². The Morgan fingerprint density at radius 1 is 0.769 bits per heavy atom. The van der Waals surface area contributed by atoms with Crippen LogP contribution < -0.4 is 0 Å². The zero-order valence-electron chi connectivity index (χ0n) is 11.0. The molecule has 0 amide bonds. The Labute approximate surface area is 85.9 Å². The standard InChI is InChI=1S/C7H18N2.2C2H6/c1-5-9(4)7-6-8(2)3;2*1-2/h5-7H2,1-4H3;2*1-2H3. The van der Waals surface area contributed by atoms with Crippen molar-refractivity contribution in [3.63, 3.8) is 0 Å². The minimum Gasteiger partial charge on any atom is -0.308 e. The van der Waals surface area contributed by atoms with E-state index in [9.17, 15) is 0 Å². The van der Waals surface area contributed by atoms with Crippen LogP contribution in [-0.2, 0) is 0 Å². The molecule has 0 aromatic heterocycles. The Hall–Kier alpha value is -0.0800. The van der Waals surface area contributed by atoms with Crippen molar-refractivity contribution in [2.75, 3.05) is 40.8 Å². The highest BCUT2D eigenvalue weighted by Crippen LogP contribution is 1.81. The van der Waals surface area contributed by atoms with Gasteiger partial charge in [-0.3, -0.25) is 0 Å². The van der Waals surface area contributed by atoms with Gasteiger partial charge < -0.3 is 9.80 Å². The van der Waals surface area contributed by atoms with Gasteiger partial charge in [0.15, 0.2) is 0 Å². The molecule has 0 heterocycles. The van der Waals surface area contributed by atoms with Gasteiger partial charge in [-0.2, -0.15) is 0 Å². The molecule has 0 aliphatic carbocycles. The molecule has 0 bridgehead atoms. The summed E-state index contributed by atoms with van der Waals surface area (Å²) in [6, 6.07) is 0. The SMILES string of the molecule is CC.CC.CCN(C)CCN(C)C. The lowest BCUT2D eigenvalue weighted by Gasteiger charge is -2.16. The fourth-order valence-electron chi connectivity index (χ4n) is 0.529. The maximum absolute atomic E-state index is 2.31. The molecule has 0 atom stereocenters. The van der Waals surface area contributed by atoms with Gasteiger partial charge in [0.2, 0.25) is 0 Å². The normalized spacial score (nSPS) is 8.77. The van der Waals surface area contributed by atoms with E-state index in [1.807, 2.05) is 27.7 Å². The summed E-state index contributed by atoms with van der Waals surface area (Å²) >= 11 is 0. The van der Waals surface area contributed by atoms with Crippen LogP contribution in [0, 0.1) is 0 Å². The fraction of sp³-hybridized carbons (Fsp3) is 1.00. The highest BCUT2D eigenvalue weighted by atomic mass is 15.1. The molecule has 0 fully saturated rings. The zero-order chi connectivity index (χ0) is 11.3. The molecule has 0 unspecified atom stereocenters. The van der Waals surface area contributed by atoms with Crippen molar-refractivity contribution in [1.82, 2.24) is 9.80 Å². The molecule has 0 aliphatic rings. The van der Waals surface area contributed by atoms with Crippen molar-refractivity contribution in [1.29, 1.82) is 0 Å². The lowest BCUT2D eigenvalue weighted by molar-refractivity contribution is 0.292. The van der Waals surface area contributed by atoms with E-state index in [0.717, 1.165) is 13.1 Å². The molecular formula is C11H30N2. The zero-order valence-corrected chi connectivity index (χ0v) is 11.0. The number of hydrogen-bond donors (Lipinski definition) is 0. The van der Waals surface area contributed by atoms with Gasteiger partial charge in [-0.15, -0.1) is 0 Å². The Morgan fingerprint density at radius 2 is 1.15 bits per heavy atom. The van der Waals surface area contributed by atoms with Gasteiger partial charge >= 0.3 is 0 Å². The summed E-state index contributed by atoms with van der Waals surface area (Å²) in [7, 11) is 6.34. The predicted octanol–water partition coefficient (Wildman–Crippen LogP) is 2.55. The summed E-state index contributed by atoms with van der Waals surface area (Å²) in [6.07, 6.45) is 0. The quantitative estimate of drug-likeness (QED) is 0.672. The van der Waals surface area contributed by atoms with Crippen molar-refractivity contribution in [3.8, 4) is 0 Å². The summed E-state index contributed by atoms with van der Waals surface area (Å²) < 4.78 is 0. The van der Waals surface area contributed by atoms with Gasteiger partial charge in [-0.05, 0) is 27.7 Å². The second kappa shape index (κ2) is 17.9. The van der Waals surface area contributed by atoms with Crippen molar-refractivity contribution < 1.29 is 0 Å². The molecule has 2 heteroatoms. The monoisotopic (exact) mass is 190 g/mol. The van der Waals surface area contributed by atoms with E-state index < -0.39 is 0 Å². The topological polar surface area (TPSA) is 6.48 Å². The summed E-state index contributed by atoms with van der Waals surface area (Å²) in [5, 5.41) is 0. The van der Waals surface area contributed by atoms with Crippen molar-refractivity contribution in [2.24, 2.45) is 0 Å². The minimum atomic E-state index is 1.15. The van der Waals surface area contributed by atoms with Gasteiger partial charge in [-0.1, -0.05) is 34.6 Å². The Balaban J connectivity index is -0.000000218. The van der Waals surface area contributed by atoms with Crippen LogP contribution in [0.3, 0.4) is 0 Å². The van der Waals surface area contributed by atoms with E-state index >= 15 is 0 Å². The summed E-state index contributed by atoms with van der Waals surface area (Å²) in [5.41, 5.74) is 0. The smallest absolute Gasteiger partial charge is 0.0106 e. The minimum absolute atomic E-state index is 1.15. The summed E-state index contributed by atoms with van der Waals surface area (Å²) in [4.78, 5) is 4.51. The Bertz CT molecular complexity index is 63.1. The van der Waals surface area contributed by atoms with E-state index in [4.69, 9.17) is 0 Å². The molecule has 0 aliphatic heterocycles. The average Bonchev–Trinajstić information content (AvgIpc) is 2.20. The highest BCUT2D eigenvalue weighted by Gasteiger charge is 1.93. The van der Waals surface area contributed by atoms with Crippen LogP contribution in [0.25, 0.3) is 0 Å². The predicted molar refractivity (Wildman–Crippen MR) is 64.4 cm³/mol. The Kier molecular flexibility index (Phi) is 25.6. The first kappa shape index (κ1) is 18.7. The molecule has 0 rings (SSSR count). The first-order chi connectivity index (χ1) is 6.16. The second-order valence-electron chi connectivity index (χ2n) is 2.70. The van der Waals surface area contributed by atoms with Crippen LogP contribution in [0.1, 0.15) is 34.6 Å². The van der Waals surface area contributed by atoms with E-state index in [0.29, 0.717) is 0 Å². The molecular weight excluding hydrogens is 160 g/mol. The number of rotatable bonds is 4. The van der Waals surface area contributed by atoms with Gasteiger partial charge in [0, 0.05) is 13.1 Å². The van der Waals surface area contributed by atoms with Crippen LogP contribution in [-0.4, -0.2) is 50.6 Å². The molecule has 13 heavy (non-hydrogen) atoms. The first-order valence-electron chi connectivity index (χ1n) is 5.50. The number of hydrogen-bond acceptors (Lipinski definition) is 2. The lowest BCUT2D eigenvalue weighted by atomic mass is 10.5. The van der Waals surface area contributed by atoms with Gasteiger partial charge in [0.1, 0.15) is 0 Å². The fourth-order valence-corrected chi connectivity index (χ4v) is 0.529. The summed E-state index contributed by atoms with van der Waals surface area (Å²) in [5.74, 6) is 0. The van der Waals surface area contributed by atoms with Crippen molar-refractivity contribution in [2.45, 2.75) is 34.6 Å².